The lowest BCUT2D eigenvalue weighted by molar-refractivity contribution is 0.664. The van der Waals surface area contributed by atoms with Crippen LogP contribution in [0.1, 0.15) is 0 Å². The van der Waals surface area contributed by atoms with Crippen molar-refractivity contribution in [3.05, 3.63) is 42.2 Å². The summed E-state index contributed by atoms with van der Waals surface area (Å²) in [6.45, 7) is 0. The van der Waals surface area contributed by atoms with Crippen molar-refractivity contribution in [3.63, 3.8) is 0 Å². The van der Waals surface area contributed by atoms with Crippen molar-refractivity contribution < 1.29 is 4.42 Å². The van der Waals surface area contributed by atoms with Gasteiger partial charge in [0, 0.05) is 19.7 Å². The van der Waals surface area contributed by atoms with Crippen molar-refractivity contribution in [2.24, 2.45) is 0 Å². The number of rotatable bonds is 0. The predicted octanol–water partition coefficient (Wildman–Crippen LogP) is 6.64. The van der Waals surface area contributed by atoms with Crippen LogP contribution in [-0.2, 0) is 0 Å². The van der Waals surface area contributed by atoms with Crippen LogP contribution in [0.15, 0.2) is 46.6 Å². The van der Waals surface area contributed by atoms with E-state index < -0.39 is 0 Å². The van der Waals surface area contributed by atoms with Crippen molar-refractivity contribution in [2.75, 3.05) is 0 Å². The van der Waals surface area contributed by atoms with Crippen molar-refractivity contribution >= 4 is 85.7 Å². The zero-order valence-electron chi connectivity index (χ0n) is 8.23. The van der Waals surface area contributed by atoms with Gasteiger partial charge in [0.15, 0.2) is 5.58 Å². The molecule has 0 saturated carbocycles. The van der Waals surface area contributed by atoms with Gasteiger partial charge in [-0.3, -0.25) is 0 Å². The molecule has 5 heteroatoms. The van der Waals surface area contributed by atoms with Crippen LogP contribution >= 0.6 is 63.7 Å². The van der Waals surface area contributed by atoms with E-state index in [0.29, 0.717) is 0 Å². The van der Waals surface area contributed by atoms with Gasteiger partial charge in [-0.2, -0.15) is 0 Å². The van der Waals surface area contributed by atoms with E-state index in [0.717, 1.165) is 39.8 Å². The highest BCUT2D eigenvalue weighted by Gasteiger charge is 2.15. The van der Waals surface area contributed by atoms with E-state index in [1.807, 2.05) is 18.2 Å². The molecule has 2 aromatic carbocycles. The summed E-state index contributed by atoms with van der Waals surface area (Å²) in [4.78, 5) is 0. The molecule has 0 amide bonds. The Morgan fingerprint density at radius 2 is 1.47 bits per heavy atom. The van der Waals surface area contributed by atoms with E-state index in [1.54, 1.807) is 0 Å². The van der Waals surface area contributed by atoms with Gasteiger partial charge >= 0.3 is 0 Å². The lowest BCUT2D eigenvalue weighted by Gasteiger charge is -1.96. The second-order valence-electron chi connectivity index (χ2n) is 3.60. The van der Waals surface area contributed by atoms with Crippen LogP contribution in [-0.4, -0.2) is 0 Å². The molecule has 1 heterocycles. The standard InChI is InChI=1S/C12H4Br4O/c13-5-3-6-10-7(14)1-2-8(15)12(10)17-11(6)9(16)4-5/h1-4H. The Morgan fingerprint density at radius 3 is 2.24 bits per heavy atom. The monoisotopic (exact) mass is 480 g/mol. The molecule has 3 rings (SSSR count). The molecule has 0 spiro atoms. The minimum Gasteiger partial charge on any atom is -0.454 e. The molecule has 3 aromatic rings. The van der Waals surface area contributed by atoms with E-state index >= 15 is 0 Å². The van der Waals surface area contributed by atoms with Gasteiger partial charge in [0.1, 0.15) is 5.58 Å². The zero-order chi connectivity index (χ0) is 12.2. The normalized spacial score (nSPS) is 11.5. The van der Waals surface area contributed by atoms with Gasteiger partial charge in [0.05, 0.1) is 8.95 Å². The maximum Gasteiger partial charge on any atom is 0.150 e. The van der Waals surface area contributed by atoms with E-state index in [4.69, 9.17) is 4.42 Å². The predicted molar refractivity (Wildman–Crippen MR) is 84.5 cm³/mol. The van der Waals surface area contributed by atoms with E-state index in [2.05, 4.69) is 69.8 Å². The summed E-state index contributed by atoms with van der Waals surface area (Å²) in [6, 6.07) is 8.02. The summed E-state index contributed by atoms with van der Waals surface area (Å²) < 4.78 is 9.85. The Labute approximate surface area is 131 Å². The van der Waals surface area contributed by atoms with Gasteiger partial charge in [0.2, 0.25) is 0 Å². The third-order valence-corrected chi connectivity index (χ3v) is 4.87. The molecule has 0 N–H and O–H groups in total. The van der Waals surface area contributed by atoms with Crippen LogP contribution < -0.4 is 0 Å². The molecular formula is C12H4Br4O. The molecule has 17 heavy (non-hydrogen) atoms. The SMILES string of the molecule is Brc1cc(Br)c2oc3c(Br)ccc(Br)c3c2c1. The number of furan rings is 1. The molecule has 0 aliphatic rings. The average molecular weight is 484 g/mol. The van der Waals surface area contributed by atoms with E-state index in [9.17, 15) is 0 Å². The molecule has 0 unspecified atom stereocenters. The lowest BCUT2D eigenvalue weighted by Crippen LogP contribution is -1.72. The lowest BCUT2D eigenvalue weighted by atomic mass is 10.1. The molecule has 0 fully saturated rings. The quantitative estimate of drug-likeness (QED) is 0.349. The minimum absolute atomic E-state index is 0.855. The zero-order valence-corrected chi connectivity index (χ0v) is 14.6. The van der Waals surface area contributed by atoms with Crippen molar-refractivity contribution in [1.82, 2.24) is 0 Å². The Balaban J connectivity index is 2.65. The summed E-state index contributed by atoms with van der Waals surface area (Å²) in [6.07, 6.45) is 0. The fourth-order valence-corrected chi connectivity index (χ4v) is 4.08. The summed E-state index contributed by atoms with van der Waals surface area (Å²) in [7, 11) is 0. The Morgan fingerprint density at radius 1 is 0.765 bits per heavy atom. The molecule has 0 bridgehead atoms. The Bertz CT molecular complexity index is 745. The van der Waals surface area contributed by atoms with Crippen LogP contribution in [0.4, 0.5) is 0 Å². The highest BCUT2D eigenvalue weighted by Crippen LogP contribution is 2.41. The summed E-state index contributed by atoms with van der Waals surface area (Å²) in [5, 5.41) is 2.16. The first-order valence-electron chi connectivity index (χ1n) is 4.73. The average Bonchev–Trinajstić information content (AvgIpc) is 2.64. The maximum absolute atomic E-state index is 5.91. The molecule has 86 valence electrons. The maximum atomic E-state index is 5.91. The summed E-state index contributed by atoms with van der Waals surface area (Å²) >= 11 is 14.1. The molecular weight excluding hydrogens is 480 g/mol. The fourth-order valence-electron chi connectivity index (χ4n) is 1.84. The van der Waals surface area contributed by atoms with Crippen LogP contribution in [0.25, 0.3) is 21.9 Å². The first-order valence-corrected chi connectivity index (χ1v) is 7.90. The highest BCUT2D eigenvalue weighted by atomic mass is 79.9. The smallest absolute Gasteiger partial charge is 0.150 e. The van der Waals surface area contributed by atoms with Crippen LogP contribution in [0.3, 0.4) is 0 Å². The third-order valence-electron chi connectivity index (χ3n) is 2.54. The summed E-state index contributed by atoms with van der Waals surface area (Å²) in [5.74, 6) is 0. The largest absolute Gasteiger partial charge is 0.454 e. The number of halogens is 4. The molecule has 0 atom stereocenters. The number of hydrogen-bond donors (Lipinski definition) is 0. The van der Waals surface area contributed by atoms with E-state index in [-0.39, 0.29) is 0 Å². The third kappa shape index (κ3) is 1.91. The summed E-state index contributed by atoms with van der Waals surface area (Å²) in [5.41, 5.74) is 1.71. The van der Waals surface area contributed by atoms with Crippen LogP contribution in [0.5, 0.6) is 0 Å². The number of fused-ring (bicyclic) bond motifs is 3. The molecule has 1 aromatic heterocycles. The van der Waals surface area contributed by atoms with Crippen LogP contribution in [0.2, 0.25) is 0 Å². The Hall–Kier alpha value is 0.160. The van der Waals surface area contributed by atoms with Crippen molar-refractivity contribution in [1.29, 1.82) is 0 Å². The minimum atomic E-state index is 0.855. The second kappa shape index (κ2) is 4.37. The van der Waals surface area contributed by atoms with Crippen LogP contribution in [0, 0.1) is 0 Å². The van der Waals surface area contributed by atoms with Gasteiger partial charge in [0.25, 0.3) is 0 Å². The number of benzene rings is 2. The second-order valence-corrected chi connectivity index (χ2v) is 7.08. The van der Waals surface area contributed by atoms with Crippen molar-refractivity contribution in [2.45, 2.75) is 0 Å². The van der Waals surface area contributed by atoms with Gasteiger partial charge in [-0.25, -0.2) is 0 Å². The first-order chi connectivity index (χ1) is 8.08. The van der Waals surface area contributed by atoms with Gasteiger partial charge in [-0.15, -0.1) is 0 Å². The van der Waals surface area contributed by atoms with Crippen molar-refractivity contribution in [3.8, 4) is 0 Å². The molecule has 0 saturated heterocycles. The van der Waals surface area contributed by atoms with E-state index in [1.165, 1.54) is 0 Å². The Kier molecular flexibility index (Phi) is 3.14. The first kappa shape index (κ1) is 12.2. The van der Waals surface area contributed by atoms with Gasteiger partial charge in [-0.1, -0.05) is 31.9 Å². The molecule has 0 aliphatic carbocycles. The molecule has 0 radical (unpaired) electrons. The molecule has 0 aliphatic heterocycles. The topological polar surface area (TPSA) is 13.1 Å². The highest BCUT2D eigenvalue weighted by molar-refractivity contribution is 9.11. The fraction of sp³-hybridized carbons (Fsp3) is 0. The number of hydrogen-bond acceptors (Lipinski definition) is 1. The molecule has 1 nitrogen and oxygen atoms in total. The van der Waals surface area contributed by atoms with Gasteiger partial charge in [-0.05, 0) is 56.1 Å². The van der Waals surface area contributed by atoms with Gasteiger partial charge < -0.3 is 4.42 Å².